The molecule has 0 unspecified atom stereocenters. The Morgan fingerprint density at radius 3 is 1.78 bits per heavy atom. The zero-order valence-corrected chi connectivity index (χ0v) is 20.3. The minimum atomic E-state index is -0.363. The van der Waals surface area contributed by atoms with Crippen LogP contribution in [0.3, 0.4) is 0 Å². The summed E-state index contributed by atoms with van der Waals surface area (Å²) >= 11 is 0. The Kier molecular flexibility index (Phi) is 4.69. The minimum Gasteiger partial charge on any atom is -0.0622 e. The highest BCUT2D eigenvalue weighted by Gasteiger charge is 2.46. The van der Waals surface area contributed by atoms with Gasteiger partial charge in [0.2, 0.25) is 0 Å². The van der Waals surface area contributed by atoms with Crippen LogP contribution < -0.4 is 0 Å². The Morgan fingerprint density at radius 1 is 0.444 bits per heavy atom. The SMILES string of the molecule is Cc1ccc2cc(-c3cccc4c3-c3ccccc3C4(c3ccccc3)c3ccccc3)ccc2c1. The molecule has 170 valence electrons. The molecule has 0 spiro atoms. The summed E-state index contributed by atoms with van der Waals surface area (Å²) in [5.41, 5.74) is 11.4. The van der Waals surface area contributed by atoms with Gasteiger partial charge in [0.1, 0.15) is 0 Å². The summed E-state index contributed by atoms with van der Waals surface area (Å²) in [5, 5.41) is 2.56. The summed E-state index contributed by atoms with van der Waals surface area (Å²) in [6.45, 7) is 2.15. The van der Waals surface area contributed by atoms with Crippen LogP contribution in [0.15, 0.2) is 140 Å². The van der Waals surface area contributed by atoms with Gasteiger partial charge in [-0.3, -0.25) is 0 Å². The molecule has 1 aliphatic carbocycles. The molecule has 0 N–H and O–H groups in total. The van der Waals surface area contributed by atoms with E-state index in [0.29, 0.717) is 0 Å². The Morgan fingerprint density at radius 2 is 1.03 bits per heavy atom. The molecule has 0 aliphatic heterocycles. The van der Waals surface area contributed by atoms with Gasteiger partial charge in [0, 0.05) is 0 Å². The normalized spacial score (nSPS) is 13.4. The molecule has 36 heavy (non-hydrogen) atoms. The van der Waals surface area contributed by atoms with Gasteiger partial charge in [-0.1, -0.05) is 139 Å². The number of hydrogen-bond donors (Lipinski definition) is 0. The monoisotopic (exact) mass is 458 g/mol. The Balaban J connectivity index is 1.58. The quantitative estimate of drug-likeness (QED) is 0.248. The average Bonchev–Trinajstić information content (AvgIpc) is 3.25. The molecular weight excluding hydrogens is 432 g/mol. The van der Waals surface area contributed by atoms with E-state index in [1.54, 1.807) is 0 Å². The van der Waals surface area contributed by atoms with Crippen molar-refractivity contribution < 1.29 is 0 Å². The van der Waals surface area contributed by atoms with Gasteiger partial charge in [0.15, 0.2) is 0 Å². The van der Waals surface area contributed by atoms with E-state index >= 15 is 0 Å². The van der Waals surface area contributed by atoms with Crippen molar-refractivity contribution in [2.75, 3.05) is 0 Å². The molecule has 0 heteroatoms. The van der Waals surface area contributed by atoms with E-state index in [0.717, 1.165) is 0 Å². The van der Waals surface area contributed by atoms with Crippen molar-refractivity contribution in [1.82, 2.24) is 0 Å². The Labute approximate surface area is 212 Å². The van der Waals surface area contributed by atoms with Crippen molar-refractivity contribution in [3.05, 3.63) is 167 Å². The molecule has 0 atom stereocenters. The molecule has 1 aliphatic rings. The van der Waals surface area contributed by atoms with Crippen LogP contribution in [0.4, 0.5) is 0 Å². The summed E-state index contributed by atoms with van der Waals surface area (Å²) in [5.74, 6) is 0. The second-order valence-electron chi connectivity index (χ2n) is 9.82. The van der Waals surface area contributed by atoms with Crippen molar-refractivity contribution in [2.45, 2.75) is 12.3 Å². The van der Waals surface area contributed by atoms with Crippen LogP contribution in [0.5, 0.6) is 0 Å². The van der Waals surface area contributed by atoms with E-state index in [1.165, 1.54) is 60.8 Å². The van der Waals surface area contributed by atoms with Crippen LogP contribution in [0, 0.1) is 6.92 Å². The first-order valence-corrected chi connectivity index (χ1v) is 12.6. The highest BCUT2D eigenvalue weighted by atomic mass is 14.5. The molecule has 0 bridgehead atoms. The largest absolute Gasteiger partial charge is 0.0713 e. The summed E-state index contributed by atoms with van der Waals surface area (Å²) in [6.07, 6.45) is 0. The van der Waals surface area contributed by atoms with Crippen molar-refractivity contribution in [3.63, 3.8) is 0 Å². The second-order valence-corrected chi connectivity index (χ2v) is 9.82. The molecule has 0 radical (unpaired) electrons. The number of hydrogen-bond acceptors (Lipinski definition) is 0. The van der Waals surface area contributed by atoms with E-state index in [2.05, 4.69) is 146 Å². The second kappa shape index (κ2) is 8.07. The maximum absolute atomic E-state index is 2.35. The van der Waals surface area contributed by atoms with E-state index in [1.807, 2.05) is 0 Å². The van der Waals surface area contributed by atoms with Crippen molar-refractivity contribution in [1.29, 1.82) is 0 Å². The van der Waals surface area contributed by atoms with E-state index < -0.39 is 0 Å². The van der Waals surface area contributed by atoms with Gasteiger partial charge in [-0.2, -0.15) is 0 Å². The predicted octanol–water partition coefficient (Wildman–Crippen LogP) is 9.18. The standard InChI is InChI=1S/C36H26/c1-25-19-20-27-24-28(22-21-26(27)23-25)31-16-10-18-34-35(31)32-15-8-9-17-33(32)36(34,29-11-4-2-5-12-29)30-13-6-3-7-14-30/h2-24H,1H3. The fourth-order valence-corrected chi connectivity index (χ4v) is 6.27. The molecule has 0 saturated heterocycles. The van der Waals surface area contributed by atoms with Crippen molar-refractivity contribution in [2.24, 2.45) is 0 Å². The molecule has 0 heterocycles. The number of fused-ring (bicyclic) bond motifs is 4. The molecule has 0 amide bonds. The number of aryl methyl sites for hydroxylation is 1. The van der Waals surface area contributed by atoms with Crippen molar-refractivity contribution in [3.8, 4) is 22.3 Å². The molecule has 6 aromatic carbocycles. The summed E-state index contributed by atoms with van der Waals surface area (Å²) in [6, 6.07) is 51.4. The van der Waals surface area contributed by atoms with Crippen LogP contribution in [-0.4, -0.2) is 0 Å². The van der Waals surface area contributed by atoms with Gasteiger partial charge in [-0.15, -0.1) is 0 Å². The van der Waals surface area contributed by atoms with Crippen LogP contribution >= 0.6 is 0 Å². The minimum absolute atomic E-state index is 0.363. The third-order valence-corrected chi connectivity index (χ3v) is 7.79. The summed E-state index contributed by atoms with van der Waals surface area (Å²) in [4.78, 5) is 0. The van der Waals surface area contributed by atoms with Crippen LogP contribution in [0.1, 0.15) is 27.8 Å². The topological polar surface area (TPSA) is 0 Å². The Hall–Kier alpha value is -4.42. The zero-order valence-electron chi connectivity index (χ0n) is 20.3. The van der Waals surface area contributed by atoms with Crippen LogP contribution in [0.2, 0.25) is 0 Å². The molecule has 0 saturated carbocycles. The smallest absolute Gasteiger partial charge is 0.0622 e. The number of rotatable bonds is 3. The van der Waals surface area contributed by atoms with Gasteiger partial charge >= 0.3 is 0 Å². The third-order valence-electron chi connectivity index (χ3n) is 7.79. The predicted molar refractivity (Wildman–Crippen MR) is 151 cm³/mol. The molecular formula is C36H26. The van der Waals surface area contributed by atoms with Crippen LogP contribution in [0.25, 0.3) is 33.0 Å². The highest BCUT2D eigenvalue weighted by Crippen LogP contribution is 2.58. The van der Waals surface area contributed by atoms with Gasteiger partial charge in [-0.25, -0.2) is 0 Å². The molecule has 0 nitrogen and oxygen atoms in total. The van der Waals surface area contributed by atoms with E-state index in [4.69, 9.17) is 0 Å². The van der Waals surface area contributed by atoms with Crippen molar-refractivity contribution >= 4 is 10.8 Å². The average molecular weight is 459 g/mol. The molecule has 7 rings (SSSR count). The maximum Gasteiger partial charge on any atom is 0.0713 e. The number of benzene rings is 6. The first-order chi connectivity index (χ1) is 17.8. The lowest BCUT2D eigenvalue weighted by molar-refractivity contribution is 0.768. The first kappa shape index (κ1) is 20.9. The third kappa shape index (κ3) is 2.94. The fourth-order valence-electron chi connectivity index (χ4n) is 6.27. The fraction of sp³-hybridized carbons (Fsp3) is 0.0556. The summed E-state index contributed by atoms with van der Waals surface area (Å²) in [7, 11) is 0. The van der Waals surface area contributed by atoms with E-state index in [9.17, 15) is 0 Å². The molecule has 0 aromatic heterocycles. The Bertz CT molecular complexity index is 1690. The van der Waals surface area contributed by atoms with Gasteiger partial charge in [0.25, 0.3) is 0 Å². The van der Waals surface area contributed by atoms with Gasteiger partial charge < -0.3 is 0 Å². The first-order valence-electron chi connectivity index (χ1n) is 12.6. The van der Waals surface area contributed by atoms with E-state index in [-0.39, 0.29) is 5.41 Å². The maximum atomic E-state index is 2.35. The summed E-state index contributed by atoms with van der Waals surface area (Å²) < 4.78 is 0. The van der Waals surface area contributed by atoms with Gasteiger partial charge in [0.05, 0.1) is 5.41 Å². The molecule has 0 fully saturated rings. The lowest BCUT2D eigenvalue weighted by Gasteiger charge is -2.34. The highest BCUT2D eigenvalue weighted by molar-refractivity contribution is 5.97. The lowest BCUT2D eigenvalue weighted by Crippen LogP contribution is -2.28. The van der Waals surface area contributed by atoms with Crippen LogP contribution in [-0.2, 0) is 5.41 Å². The van der Waals surface area contributed by atoms with Gasteiger partial charge in [-0.05, 0) is 68.3 Å². The molecule has 6 aromatic rings. The zero-order chi connectivity index (χ0) is 24.1. The lowest BCUT2D eigenvalue weighted by atomic mass is 9.67.